The third-order valence-electron chi connectivity index (χ3n) is 2.73. The molecular weight excluding hydrogens is 290 g/mol. The van der Waals surface area contributed by atoms with Crippen LogP contribution in [0.1, 0.15) is 20.8 Å². The molecule has 0 radical (unpaired) electrons. The second-order valence-electron chi connectivity index (χ2n) is 4.19. The number of benzene rings is 1. The first-order chi connectivity index (χ1) is 10.5. The van der Waals surface area contributed by atoms with Crippen molar-refractivity contribution in [2.24, 2.45) is 0 Å². The van der Waals surface area contributed by atoms with Gasteiger partial charge in [0.1, 0.15) is 5.69 Å². The van der Waals surface area contributed by atoms with Crippen molar-refractivity contribution in [1.82, 2.24) is 4.98 Å². The molecule has 0 saturated carbocycles. The van der Waals surface area contributed by atoms with Crippen LogP contribution in [0.25, 0.3) is 0 Å². The monoisotopic (exact) mass is 301 g/mol. The highest BCUT2D eigenvalue weighted by Crippen LogP contribution is 2.17. The summed E-state index contributed by atoms with van der Waals surface area (Å²) in [6, 6.07) is 8.30. The zero-order chi connectivity index (χ0) is 16.1. The first-order valence-electron chi connectivity index (χ1n) is 6.11. The van der Waals surface area contributed by atoms with Crippen molar-refractivity contribution < 1.29 is 19.2 Å². The molecule has 0 aliphatic rings. The summed E-state index contributed by atoms with van der Waals surface area (Å²) in [5, 5.41) is 13.2. The summed E-state index contributed by atoms with van der Waals surface area (Å²) in [5.74, 6) is -1.10. The highest BCUT2D eigenvalue weighted by atomic mass is 16.6. The van der Waals surface area contributed by atoms with Gasteiger partial charge in [0.2, 0.25) is 0 Å². The van der Waals surface area contributed by atoms with Crippen molar-refractivity contribution in [2.45, 2.75) is 0 Å². The van der Waals surface area contributed by atoms with E-state index >= 15 is 0 Å². The number of rotatable bonds is 4. The summed E-state index contributed by atoms with van der Waals surface area (Å²) in [4.78, 5) is 37.2. The molecule has 1 N–H and O–H groups in total. The Morgan fingerprint density at radius 2 is 2.05 bits per heavy atom. The average molecular weight is 301 g/mol. The van der Waals surface area contributed by atoms with Crippen LogP contribution in [0.3, 0.4) is 0 Å². The highest BCUT2D eigenvalue weighted by molar-refractivity contribution is 6.03. The van der Waals surface area contributed by atoms with E-state index < -0.39 is 16.8 Å². The fourth-order valence-corrected chi connectivity index (χ4v) is 1.66. The number of carbonyl (C=O) groups is 2. The SMILES string of the molecule is COC(=O)c1ccc(C(=O)Nc2cccc([N+](=O)[O-])c2)nc1. The van der Waals surface area contributed by atoms with Crippen molar-refractivity contribution in [2.75, 3.05) is 12.4 Å². The summed E-state index contributed by atoms with van der Waals surface area (Å²) in [6.45, 7) is 0. The van der Waals surface area contributed by atoms with E-state index in [0.717, 1.165) is 0 Å². The minimum atomic E-state index is -0.557. The summed E-state index contributed by atoms with van der Waals surface area (Å²) < 4.78 is 4.52. The quantitative estimate of drug-likeness (QED) is 0.525. The Hall–Kier alpha value is -3.29. The second-order valence-corrected chi connectivity index (χ2v) is 4.19. The Morgan fingerprint density at radius 3 is 2.64 bits per heavy atom. The number of aromatic nitrogens is 1. The van der Waals surface area contributed by atoms with Crippen molar-refractivity contribution >= 4 is 23.3 Å². The van der Waals surface area contributed by atoms with Crippen LogP contribution < -0.4 is 5.32 Å². The zero-order valence-corrected chi connectivity index (χ0v) is 11.5. The molecule has 0 unspecified atom stereocenters. The van der Waals surface area contributed by atoms with Crippen LogP contribution in [0.5, 0.6) is 0 Å². The van der Waals surface area contributed by atoms with Crippen LogP contribution in [-0.4, -0.2) is 28.9 Å². The molecule has 0 aliphatic heterocycles. The van der Waals surface area contributed by atoms with E-state index in [9.17, 15) is 19.7 Å². The van der Waals surface area contributed by atoms with Crippen LogP contribution in [0.2, 0.25) is 0 Å². The molecule has 0 aliphatic carbocycles. The molecule has 1 aromatic carbocycles. The zero-order valence-electron chi connectivity index (χ0n) is 11.5. The molecule has 1 aromatic heterocycles. The summed E-state index contributed by atoms with van der Waals surface area (Å²) in [5.41, 5.74) is 0.429. The summed E-state index contributed by atoms with van der Waals surface area (Å²) >= 11 is 0. The van der Waals surface area contributed by atoms with Gasteiger partial charge >= 0.3 is 5.97 Å². The van der Waals surface area contributed by atoms with E-state index in [0.29, 0.717) is 0 Å². The molecule has 8 nitrogen and oxygen atoms in total. The first-order valence-corrected chi connectivity index (χ1v) is 6.11. The van der Waals surface area contributed by atoms with Gasteiger partial charge in [-0.05, 0) is 18.2 Å². The maximum atomic E-state index is 12.0. The molecule has 1 heterocycles. The number of methoxy groups -OCH3 is 1. The number of amides is 1. The molecule has 0 saturated heterocycles. The lowest BCUT2D eigenvalue weighted by molar-refractivity contribution is -0.384. The van der Waals surface area contributed by atoms with Gasteiger partial charge in [-0.3, -0.25) is 19.9 Å². The number of non-ortho nitro benzene ring substituents is 1. The van der Waals surface area contributed by atoms with E-state index in [1.165, 1.54) is 49.7 Å². The Balaban J connectivity index is 2.13. The number of nitrogens with one attached hydrogen (secondary N) is 1. The van der Waals surface area contributed by atoms with Crippen molar-refractivity contribution in [3.8, 4) is 0 Å². The Bertz CT molecular complexity index is 728. The standard InChI is InChI=1S/C14H11N3O5/c1-22-14(19)9-5-6-12(15-8-9)13(18)16-10-3-2-4-11(7-10)17(20)21/h2-8H,1H3,(H,16,18). The topological polar surface area (TPSA) is 111 Å². The van der Waals surface area contributed by atoms with E-state index in [2.05, 4.69) is 15.0 Å². The number of nitro benzene ring substituents is 1. The fourth-order valence-electron chi connectivity index (χ4n) is 1.66. The average Bonchev–Trinajstić information content (AvgIpc) is 2.54. The van der Waals surface area contributed by atoms with Gasteiger partial charge in [0.25, 0.3) is 11.6 Å². The predicted molar refractivity (Wildman–Crippen MR) is 76.6 cm³/mol. The molecule has 0 bridgehead atoms. The number of nitro groups is 1. The lowest BCUT2D eigenvalue weighted by Gasteiger charge is -2.05. The third kappa shape index (κ3) is 3.42. The Labute approximate surface area is 124 Å². The number of hydrogen-bond donors (Lipinski definition) is 1. The van der Waals surface area contributed by atoms with E-state index in [1.807, 2.05) is 0 Å². The largest absolute Gasteiger partial charge is 0.465 e. The van der Waals surface area contributed by atoms with E-state index in [4.69, 9.17) is 0 Å². The van der Waals surface area contributed by atoms with E-state index in [-0.39, 0.29) is 22.6 Å². The number of nitrogens with zero attached hydrogens (tertiary/aromatic N) is 2. The first kappa shape index (κ1) is 15.1. The van der Waals surface area contributed by atoms with Crippen LogP contribution >= 0.6 is 0 Å². The summed E-state index contributed by atoms with van der Waals surface area (Å²) in [6.07, 6.45) is 1.22. The lowest BCUT2D eigenvalue weighted by Crippen LogP contribution is -2.14. The molecule has 0 spiro atoms. The van der Waals surface area contributed by atoms with Gasteiger partial charge in [0.15, 0.2) is 0 Å². The van der Waals surface area contributed by atoms with Gasteiger partial charge < -0.3 is 10.1 Å². The number of pyridine rings is 1. The molecule has 2 aromatic rings. The second kappa shape index (κ2) is 6.44. The smallest absolute Gasteiger partial charge is 0.339 e. The normalized spacial score (nSPS) is 9.86. The Morgan fingerprint density at radius 1 is 1.27 bits per heavy atom. The highest BCUT2D eigenvalue weighted by Gasteiger charge is 2.12. The predicted octanol–water partition coefficient (Wildman–Crippen LogP) is 2.03. The molecule has 2 rings (SSSR count). The molecular formula is C14H11N3O5. The number of carbonyl (C=O) groups excluding carboxylic acids is 2. The number of hydrogen-bond acceptors (Lipinski definition) is 6. The maximum absolute atomic E-state index is 12.0. The van der Waals surface area contributed by atoms with Crippen LogP contribution in [-0.2, 0) is 4.74 Å². The summed E-state index contributed by atoms with van der Waals surface area (Å²) in [7, 11) is 1.24. The van der Waals surface area contributed by atoms with Crippen LogP contribution in [0, 0.1) is 10.1 Å². The molecule has 0 atom stereocenters. The molecule has 0 fully saturated rings. The van der Waals surface area contributed by atoms with Gasteiger partial charge in [0.05, 0.1) is 17.6 Å². The van der Waals surface area contributed by atoms with Crippen LogP contribution in [0.15, 0.2) is 42.6 Å². The fraction of sp³-hybridized carbons (Fsp3) is 0.0714. The molecule has 8 heteroatoms. The molecule has 112 valence electrons. The third-order valence-corrected chi connectivity index (χ3v) is 2.73. The number of anilines is 1. The van der Waals surface area contributed by atoms with Gasteiger partial charge in [-0.15, -0.1) is 0 Å². The number of esters is 1. The minimum absolute atomic E-state index is 0.0687. The maximum Gasteiger partial charge on any atom is 0.339 e. The van der Waals surface area contributed by atoms with Gasteiger partial charge in [0, 0.05) is 24.0 Å². The minimum Gasteiger partial charge on any atom is -0.465 e. The number of ether oxygens (including phenoxy) is 1. The van der Waals surface area contributed by atoms with Gasteiger partial charge in [-0.2, -0.15) is 0 Å². The van der Waals surface area contributed by atoms with Crippen molar-refractivity contribution in [3.05, 3.63) is 64.0 Å². The Kier molecular flexibility index (Phi) is 4.42. The van der Waals surface area contributed by atoms with Gasteiger partial charge in [-0.1, -0.05) is 6.07 Å². The molecule has 1 amide bonds. The van der Waals surface area contributed by atoms with E-state index in [1.54, 1.807) is 0 Å². The van der Waals surface area contributed by atoms with Crippen molar-refractivity contribution in [1.29, 1.82) is 0 Å². The molecule has 22 heavy (non-hydrogen) atoms. The lowest BCUT2D eigenvalue weighted by atomic mass is 10.2. The van der Waals surface area contributed by atoms with Crippen molar-refractivity contribution in [3.63, 3.8) is 0 Å². The van der Waals surface area contributed by atoms with Gasteiger partial charge in [-0.25, -0.2) is 4.79 Å². The van der Waals surface area contributed by atoms with Crippen LogP contribution in [0.4, 0.5) is 11.4 Å².